The minimum absolute atomic E-state index is 0.369. The van der Waals surface area contributed by atoms with E-state index in [-0.39, 0.29) is 0 Å². The quantitative estimate of drug-likeness (QED) is 0.501. The van der Waals surface area contributed by atoms with Gasteiger partial charge in [-0.25, -0.2) is 8.78 Å². The van der Waals surface area contributed by atoms with Gasteiger partial charge in [-0.1, -0.05) is 0 Å². The predicted molar refractivity (Wildman–Crippen MR) is 23.7 cm³/mol. The van der Waals surface area contributed by atoms with Crippen LogP contribution in [0.2, 0.25) is 0 Å². The van der Waals surface area contributed by atoms with Crippen molar-refractivity contribution in [1.82, 2.24) is 0 Å². The third-order valence-electron chi connectivity index (χ3n) is 1.50. The molecule has 0 aromatic carbocycles. The first-order valence-electron chi connectivity index (χ1n) is 2.46. The average Bonchev–Trinajstić information content (AvgIpc) is 2.44. The van der Waals surface area contributed by atoms with Crippen LogP contribution in [-0.2, 0) is 4.79 Å². The largest absolute Gasteiger partial charge is 0.303 e. The normalized spacial score (nSPS) is 23.4. The first-order valence-corrected chi connectivity index (χ1v) is 2.46. The van der Waals surface area contributed by atoms with E-state index in [1.165, 1.54) is 0 Å². The average molecular weight is 120 g/mol. The molecule has 8 heavy (non-hydrogen) atoms. The van der Waals surface area contributed by atoms with Gasteiger partial charge in [0.25, 0.3) is 6.43 Å². The summed E-state index contributed by atoms with van der Waals surface area (Å²) in [7, 11) is 0. The van der Waals surface area contributed by atoms with Crippen molar-refractivity contribution >= 4 is 6.29 Å². The van der Waals surface area contributed by atoms with Gasteiger partial charge in [0.05, 0.1) is 5.41 Å². The van der Waals surface area contributed by atoms with Gasteiger partial charge in [0.1, 0.15) is 6.29 Å². The van der Waals surface area contributed by atoms with Crippen molar-refractivity contribution in [1.29, 1.82) is 0 Å². The van der Waals surface area contributed by atoms with Crippen LogP contribution in [0.1, 0.15) is 12.8 Å². The molecule has 0 aromatic rings. The Morgan fingerprint density at radius 1 is 1.50 bits per heavy atom. The molecule has 0 N–H and O–H groups in total. The van der Waals surface area contributed by atoms with Crippen molar-refractivity contribution in [3.63, 3.8) is 0 Å². The van der Waals surface area contributed by atoms with Crippen LogP contribution in [0.15, 0.2) is 0 Å². The number of hydrogen-bond acceptors (Lipinski definition) is 1. The van der Waals surface area contributed by atoms with E-state index in [4.69, 9.17) is 0 Å². The fourth-order valence-corrected chi connectivity index (χ4v) is 0.532. The SMILES string of the molecule is O=CC1(C(F)F)CC1. The second kappa shape index (κ2) is 1.50. The predicted octanol–water partition coefficient (Wildman–Crippen LogP) is 1.23. The number of carbonyl (C=O) groups excluding carboxylic acids is 1. The van der Waals surface area contributed by atoms with Crippen molar-refractivity contribution in [3.8, 4) is 0 Å². The van der Waals surface area contributed by atoms with E-state index in [0.29, 0.717) is 19.1 Å². The van der Waals surface area contributed by atoms with Gasteiger partial charge < -0.3 is 4.79 Å². The summed E-state index contributed by atoms with van der Waals surface area (Å²) in [6, 6.07) is 0. The van der Waals surface area contributed by atoms with Crippen LogP contribution in [0.4, 0.5) is 8.78 Å². The Labute approximate surface area is 45.7 Å². The number of hydrogen-bond donors (Lipinski definition) is 0. The summed E-state index contributed by atoms with van der Waals surface area (Å²) in [5.41, 5.74) is -1.22. The minimum atomic E-state index is -2.44. The molecule has 0 spiro atoms. The number of rotatable bonds is 2. The zero-order valence-electron chi connectivity index (χ0n) is 4.23. The molecule has 1 aliphatic rings. The number of aldehydes is 1. The van der Waals surface area contributed by atoms with Crippen LogP contribution >= 0.6 is 0 Å². The topological polar surface area (TPSA) is 17.1 Å². The standard InChI is InChI=1S/C5H6F2O/c6-4(7)5(3-8)1-2-5/h3-4H,1-2H2. The molecule has 1 aliphatic carbocycles. The van der Waals surface area contributed by atoms with Gasteiger partial charge in [0, 0.05) is 0 Å². The Morgan fingerprint density at radius 3 is 2.00 bits per heavy atom. The van der Waals surface area contributed by atoms with Crippen molar-refractivity contribution < 1.29 is 13.6 Å². The van der Waals surface area contributed by atoms with Gasteiger partial charge in [-0.15, -0.1) is 0 Å². The molecule has 1 fully saturated rings. The molecule has 3 heteroatoms. The Morgan fingerprint density at radius 2 is 2.00 bits per heavy atom. The highest BCUT2D eigenvalue weighted by molar-refractivity contribution is 5.64. The fraction of sp³-hybridized carbons (Fsp3) is 0.800. The van der Waals surface area contributed by atoms with Gasteiger partial charge >= 0.3 is 0 Å². The summed E-state index contributed by atoms with van der Waals surface area (Å²) in [6.07, 6.45) is -1.33. The van der Waals surface area contributed by atoms with E-state index in [0.717, 1.165) is 0 Å². The molecule has 0 amide bonds. The summed E-state index contributed by atoms with van der Waals surface area (Å²) in [5, 5.41) is 0. The van der Waals surface area contributed by atoms with Crippen LogP contribution < -0.4 is 0 Å². The second-order valence-electron chi connectivity index (χ2n) is 2.15. The van der Waals surface area contributed by atoms with Gasteiger partial charge in [0.15, 0.2) is 0 Å². The fourth-order valence-electron chi connectivity index (χ4n) is 0.532. The molecule has 1 saturated carbocycles. The highest BCUT2D eigenvalue weighted by atomic mass is 19.3. The zero-order chi connectivity index (χ0) is 6.20. The minimum Gasteiger partial charge on any atom is -0.303 e. The van der Waals surface area contributed by atoms with E-state index in [2.05, 4.69) is 0 Å². The van der Waals surface area contributed by atoms with E-state index in [1.807, 2.05) is 0 Å². The van der Waals surface area contributed by atoms with Gasteiger partial charge in [-0.2, -0.15) is 0 Å². The smallest absolute Gasteiger partial charge is 0.250 e. The molecule has 0 radical (unpaired) electrons. The monoisotopic (exact) mass is 120 g/mol. The lowest BCUT2D eigenvalue weighted by atomic mass is 10.1. The molecule has 0 heterocycles. The Hall–Kier alpha value is -0.470. The van der Waals surface area contributed by atoms with Gasteiger partial charge in [0.2, 0.25) is 0 Å². The first-order chi connectivity index (χ1) is 3.71. The van der Waals surface area contributed by atoms with E-state index >= 15 is 0 Å². The summed E-state index contributed by atoms with van der Waals surface area (Å²) < 4.78 is 23.3. The Kier molecular flexibility index (Phi) is 1.06. The molecule has 0 atom stereocenters. The second-order valence-corrected chi connectivity index (χ2v) is 2.15. The molecule has 46 valence electrons. The van der Waals surface area contributed by atoms with Crippen LogP contribution in [0.5, 0.6) is 0 Å². The molecule has 0 unspecified atom stereocenters. The van der Waals surface area contributed by atoms with Crippen LogP contribution in [0.3, 0.4) is 0 Å². The number of carbonyl (C=O) groups is 1. The van der Waals surface area contributed by atoms with E-state index < -0.39 is 11.8 Å². The van der Waals surface area contributed by atoms with Gasteiger partial charge in [-0.3, -0.25) is 0 Å². The number of halogens is 2. The van der Waals surface area contributed by atoms with Gasteiger partial charge in [-0.05, 0) is 12.8 Å². The van der Waals surface area contributed by atoms with Crippen molar-refractivity contribution in [2.45, 2.75) is 19.3 Å². The molecule has 1 nitrogen and oxygen atoms in total. The van der Waals surface area contributed by atoms with Crippen LogP contribution in [0.25, 0.3) is 0 Å². The lowest BCUT2D eigenvalue weighted by Crippen LogP contribution is -2.12. The summed E-state index contributed by atoms with van der Waals surface area (Å²) in [6.45, 7) is 0. The molecule has 0 saturated heterocycles. The Balaban J connectivity index is 2.53. The highest BCUT2D eigenvalue weighted by Gasteiger charge is 2.51. The highest BCUT2D eigenvalue weighted by Crippen LogP contribution is 2.48. The maximum Gasteiger partial charge on any atom is 0.250 e. The van der Waals surface area contributed by atoms with Crippen molar-refractivity contribution in [2.75, 3.05) is 0 Å². The lowest BCUT2D eigenvalue weighted by Gasteiger charge is -2.00. The maximum absolute atomic E-state index is 11.6. The lowest BCUT2D eigenvalue weighted by molar-refractivity contribution is -0.117. The van der Waals surface area contributed by atoms with E-state index in [1.54, 1.807) is 0 Å². The van der Waals surface area contributed by atoms with Crippen LogP contribution in [-0.4, -0.2) is 12.7 Å². The van der Waals surface area contributed by atoms with Crippen molar-refractivity contribution in [3.05, 3.63) is 0 Å². The Bertz CT molecular complexity index is 107. The van der Waals surface area contributed by atoms with E-state index in [9.17, 15) is 13.6 Å². The van der Waals surface area contributed by atoms with Crippen LogP contribution in [0, 0.1) is 5.41 Å². The molecule has 0 bridgehead atoms. The molecule has 0 aliphatic heterocycles. The molecule has 0 aromatic heterocycles. The molecular weight excluding hydrogens is 114 g/mol. The zero-order valence-corrected chi connectivity index (χ0v) is 4.23. The summed E-state index contributed by atoms with van der Waals surface area (Å²) >= 11 is 0. The molecular formula is C5H6F2O. The third kappa shape index (κ3) is 0.620. The first kappa shape index (κ1) is 5.66. The number of alkyl halides is 2. The van der Waals surface area contributed by atoms with Crippen molar-refractivity contribution in [2.24, 2.45) is 5.41 Å². The summed E-state index contributed by atoms with van der Waals surface area (Å²) in [5.74, 6) is 0. The maximum atomic E-state index is 11.6. The molecule has 1 rings (SSSR count). The third-order valence-corrected chi connectivity index (χ3v) is 1.50. The summed E-state index contributed by atoms with van der Waals surface area (Å²) in [4.78, 5) is 9.85.